The number of hydrogen-bond acceptors (Lipinski definition) is 1. The molecule has 0 heterocycles. The molecule has 0 bridgehead atoms. The number of aryl methyl sites for hydroxylation is 1. The summed E-state index contributed by atoms with van der Waals surface area (Å²) in [5.41, 5.74) is 5.87. The van der Waals surface area contributed by atoms with E-state index in [1.807, 2.05) is 6.92 Å². The predicted octanol–water partition coefficient (Wildman–Crippen LogP) is 6.11. The Kier molecular flexibility index (Phi) is 5.52. The number of allylic oxidation sites excluding steroid dienone is 1. The minimum atomic E-state index is -0.716. The molecule has 2 nitrogen and oxygen atoms in total. The SMILES string of the molecule is C/C=C(/C(CC(C)(C)C)C(=O)O)C1(c2ccccc2C)Cc2ccccc2C1. The molecule has 0 aromatic heterocycles. The largest absolute Gasteiger partial charge is 0.481 e. The molecule has 148 valence electrons. The fraction of sp³-hybridized carbons (Fsp3) is 0.423. The van der Waals surface area contributed by atoms with Crippen LogP contribution in [-0.2, 0) is 23.1 Å². The van der Waals surface area contributed by atoms with Crippen molar-refractivity contribution in [3.05, 3.63) is 82.4 Å². The molecule has 1 N–H and O–H groups in total. The van der Waals surface area contributed by atoms with Crippen molar-refractivity contribution in [2.75, 3.05) is 0 Å². The molecule has 2 aromatic carbocycles. The van der Waals surface area contributed by atoms with Gasteiger partial charge in [-0.2, -0.15) is 0 Å². The Hall–Kier alpha value is -2.35. The van der Waals surface area contributed by atoms with Crippen molar-refractivity contribution < 1.29 is 9.90 Å². The van der Waals surface area contributed by atoms with E-state index in [4.69, 9.17) is 0 Å². The molecule has 1 atom stereocenters. The van der Waals surface area contributed by atoms with Gasteiger partial charge in [0.15, 0.2) is 0 Å². The van der Waals surface area contributed by atoms with Crippen molar-refractivity contribution in [2.24, 2.45) is 11.3 Å². The first kappa shape index (κ1) is 20.4. The Morgan fingerprint density at radius 2 is 1.61 bits per heavy atom. The number of aliphatic carboxylic acids is 1. The van der Waals surface area contributed by atoms with Crippen LogP contribution in [0.4, 0.5) is 0 Å². The van der Waals surface area contributed by atoms with Gasteiger partial charge in [0, 0.05) is 5.41 Å². The van der Waals surface area contributed by atoms with Gasteiger partial charge in [-0.3, -0.25) is 4.79 Å². The Morgan fingerprint density at radius 1 is 1.07 bits per heavy atom. The van der Waals surface area contributed by atoms with E-state index in [1.165, 1.54) is 22.3 Å². The average Bonchev–Trinajstić information content (AvgIpc) is 3.00. The molecule has 28 heavy (non-hydrogen) atoms. The van der Waals surface area contributed by atoms with Gasteiger partial charge in [-0.15, -0.1) is 0 Å². The van der Waals surface area contributed by atoms with Crippen molar-refractivity contribution in [1.29, 1.82) is 0 Å². The molecule has 0 fully saturated rings. The summed E-state index contributed by atoms with van der Waals surface area (Å²) in [6.07, 6.45) is 4.44. The second-order valence-electron chi connectivity index (χ2n) is 9.42. The topological polar surface area (TPSA) is 37.3 Å². The van der Waals surface area contributed by atoms with E-state index in [1.54, 1.807) is 0 Å². The molecule has 0 aliphatic heterocycles. The Morgan fingerprint density at radius 3 is 2.07 bits per heavy atom. The number of carboxylic acids is 1. The summed E-state index contributed by atoms with van der Waals surface area (Å²) in [7, 11) is 0. The molecule has 1 unspecified atom stereocenters. The average molecular weight is 377 g/mol. The van der Waals surface area contributed by atoms with E-state index in [0.29, 0.717) is 6.42 Å². The highest BCUT2D eigenvalue weighted by Crippen LogP contribution is 2.50. The van der Waals surface area contributed by atoms with Crippen LogP contribution in [0.1, 0.15) is 56.4 Å². The standard InChI is InChI=1S/C26H32O2/c1-6-22(21(24(27)28)17-25(3,4)5)26(23-14-10-7-11-18(23)2)15-19-12-8-9-13-20(19)16-26/h6-14,21H,15-17H2,1-5H3,(H,27,28)/b22-6-. The second-order valence-corrected chi connectivity index (χ2v) is 9.42. The monoisotopic (exact) mass is 376 g/mol. The lowest BCUT2D eigenvalue weighted by molar-refractivity contribution is -0.141. The maximum atomic E-state index is 12.4. The molecular formula is C26H32O2. The van der Waals surface area contributed by atoms with Crippen LogP contribution in [0.25, 0.3) is 0 Å². The normalized spacial score (nSPS) is 17.2. The van der Waals surface area contributed by atoms with Gasteiger partial charge in [-0.05, 0) is 66.4 Å². The Labute approximate surface area is 169 Å². The zero-order valence-electron chi connectivity index (χ0n) is 17.8. The Bertz CT molecular complexity index is 874. The molecule has 2 heteroatoms. The molecule has 2 aromatic rings. The first-order chi connectivity index (χ1) is 13.2. The summed E-state index contributed by atoms with van der Waals surface area (Å²) >= 11 is 0. The fourth-order valence-electron chi connectivity index (χ4n) is 5.03. The third-order valence-electron chi connectivity index (χ3n) is 6.12. The van der Waals surface area contributed by atoms with Crippen molar-refractivity contribution >= 4 is 5.97 Å². The lowest BCUT2D eigenvalue weighted by Gasteiger charge is -2.39. The van der Waals surface area contributed by atoms with E-state index in [2.05, 4.69) is 82.3 Å². The van der Waals surface area contributed by atoms with Crippen LogP contribution in [0, 0.1) is 18.3 Å². The zero-order chi connectivity index (χ0) is 20.5. The van der Waals surface area contributed by atoms with Crippen molar-refractivity contribution in [1.82, 2.24) is 0 Å². The molecular weight excluding hydrogens is 344 g/mol. The highest BCUT2D eigenvalue weighted by Gasteiger charge is 2.46. The van der Waals surface area contributed by atoms with E-state index in [9.17, 15) is 9.90 Å². The highest BCUT2D eigenvalue weighted by molar-refractivity contribution is 5.75. The summed E-state index contributed by atoms with van der Waals surface area (Å²) in [6, 6.07) is 17.1. The fourth-order valence-corrected chi connectivity index (χ4v) is 5.03. The first-order valence-electron chi connectivity index (χ1n) is 10.2. The predicted molar refractivity (Wildman–Crippen MR) is 116 cm³/mol. The minimum Gasteiger partial charge on any atom is -0.481 e. The van der Waals surface area contributed by atoms with Crippen LogP contribution in [-0.4, -0.2) is 11.1 Å². The van der Waals surface area contributed by atoms with Crippen LogP contribution in [0.2, 0.25) is 0 Å². The smallest absolute Gasteiger partial charge is 0.310 e. The van der Waals surface area contributed by atoms with Gasteiger partial charge in [0.1, 0.15) is 0 Å². The van der Waals surface area contributed by atoms with Crippen molar-refractivity contribution in [3.8, 4) is 0 Å². The van der Waals surface area contributed by atoms with Crippen molar-refractivity contribution in [2.45, 2.75) is 59.3 Å². The molecule has 0 spiro atoms. The molecule has 3 rings (SSSR count). The summed E-state index contributed by atoms with van der Waals surface area (Å²) in [5.74, 6) is -1.20. The number of carboxylic acid groups (broad SMARTS) is 1. The van der Waals surface area contributed by atoms with E-state index in [0.717, 1.165) is 18.4 Å². The second kappa shape index (κ2) is 7.58. The summed E-state index contributed by atoms with van der Waals surface area (Å²) < 4.78 is 0. The number of hydrogen-bond donors (Lipinski definition) is 1. The van der Waals surface area contributed by atoms with Gasteiger partial charge >= 0.3 is 5.97 Å². The highest BCUT2D eigenvalue weighted by atomic mass is 16.4. The Balaban J connectivity index is 2.19. The molecule has 1 aliphatic carbocycles. The third kappa shape index (κ3) is 3.78. The molecule has 1 aliphatic rings. The third-order valence-corrected chi connectivity index (χ3v) is 6.12. The van der Waals surface area contributed by atoms with Gasteiger partial charge in [-0.1, -0.05) is 75.4 Å². The maximum absolute atomic E-state index is 12.4. The lowest BCUT2D eigenvalue weighted by atomic mass is 9.64. The lowest BCUT2D eigenvalue weighted by Crippen LogP contribution is -2.38. The van der Waals surface area contributed by atoms with E-state index >= 15 is 0 Å². The maximum Gasteiger partial charge on any atom is 0.310 e. The molecule has 0 radical (unpaired) electrons. The first-order valence-corrected chi connectivity index (χ1v) is 10.2. The number of fused-ring (bicyclic) bond motifs is 1. The quantitative estimate of drug-likeness (QED) is 0.639. The van der Waals surface area contributed by atoms with Gasteiger partial charge in [-0.25, -0.2) is 0 Å². The van der Waals surface area contributed by atoms with Crippen LogP contribution in [0.3, 0.4) is 0 Å². The van der Waals surface area contributed by atoms with Crippen LogP contribution < -0.4 is 0 Å². The van der Waals surface area contributed by atoms with Gasteiger partial charge in [0.05, 0.1) is 5.92 Å². The number of carbonyl (C=O) groups is 1. The number of benzene rings is 2. The zero-order valence-corrected chi connectivity index (χ0v) is 17.8. The van der Waals surface area contributed by atoms with Crippen LogP contribution in [0.15, 0.2) is 60.2 Å². The molecule has 0 saturated carbocycles. The molecule has 0 amide bonds. The summed E-state index contributed by atoms with van der Waals surface area (Å²) in [4.78, 5) is 12.4. The van der Waals surface area contributed by atoms with Gasteiger partial charge in [0.2, 0.25) is 0 Å². The number of rotatable bonds is 5. The van der Waals surface area contributed by atoms with Crippen LogP contribution in [0.5, 0.6) is 0 Å². The minimum absolute atomic E-state index is 0.0598. The van der Waals surface area contributed by atoms with Crippen LogP contribution >= 0.6 is 0 Å². The van der Waals surface area contributed by atoms with Gasteiger partial charge in [0.25, 0.3) is 0 Å². The van der Waals surface area contributed by atoms with Gasteiger partial charge < -0.3 is 5.11 Å². The molecule has 0 saturated heterocycles. The van der Waals surface area contributed by atoms with E-state index in [-0.39, 0.29) is 10.8 Å². The summed E-state index contributed by atoms with van der Waals surface area (Å²) in [5, 5.41) is 10.2. The van der Waals surface area contributed by atoms with E-state index < -0.39 is 11.9 Å². The van der Waals surface area contributed by atoms with Crippen molar-refractivity contribution in [3.63, 3.8) is 0 Å². The summed E-state index contributed by atoms with van der Waals surface area (Å²) in [6.45, 7) is 10.5.